The molecule has 2 aromatic carbocycles. The number of hydrogen-bond acceptors (Lipinski definition) is 4. The van der Waals surface area contributed by atoms with Gasteiger partial charge in [0.2, 0.25) is 0 Å². The van der Waals surface area contributed by atoms with Crippen LogP contribution >= 0.6 is 11.6 Å². The van der Waals surface area contributed by atoms with Gasteiger partial charge in [0.05, 0.1) is 11.3 Å². The third kappa shape index (κ3) is 2.90. The number of carbonyl (C=O) groups is 1. The van der Waals surface area contributed by atoms with E-state index in [0.717, 1.165) is 0 Å². The first-order valence-corrected chi connectivity index (χ1v) is 6.26. The maximum absolute atomic E-state index is 11.3. The van der Waals surface area contributed by atoms with E-state index in [0.29, 0.717) is 33.2 Å². The number of nitrogen functional groups attached to an aromatic ring is 1. The van der Waals surface area contributed by atoms with Crippen LogP contribution in [0.15, 0.2) is 36.4 Å². The van der Waals surface area contributed by atoms with Crippen LogP contribution in [-0.4, -0.2) is 5.78 Å². The van der Waals surface area contributed by atoms with Gasteiger partial charge in [-0.1, -0.05) is 11.6 Å². The Balaban J connectivity index is 2.36. The molecule has 0 fully saturated rings. The molecule has 0 saturated heterocycles. The normalized spacial score (nSPS) is 9.85. The molecule has 0 spiro atoms. The Morgan fingerprint density at radius 2 is 2.05 bits per heavy atom. The molecule has 4 nitrogen and oxygen atoms in total. The molecule has 0 atom stereocenters. The van der Waals surface area contributed by atoms with Crippen LogP contribution in [0.2, 0.25) is 5.02 Å². The van der Waals surface area contributed by atoms with Gasteiger partial charge in [-0.15, -0.1) is 0 Å². The molecule has 0 radical (unpaired) electrons. The summed E-state index contributed by atoms with van der Waals surface area (Å²) in [7, 11) is 0. The molecule has 0 bridgehead atoms. The Hall–Kier alpha value is -2.51. The van der Waals surface area contributed by atoms with Crippen LogP contribution in [0, 0.1) is 11.3 Å². The van der Waals surface area contributed by atoms with Crippen molar-refractivity contribution in [3.8, 4) is 6.07 Å². The molecule has 100 valence electrons. The lowest BCUT2D eigenvalue weighted by Gasteiger charge is -2.10. The summed E-state index contributed by atoms with van der Waals surface area (Å²) in [6.45, 7) is 1.46. The van der Waals surface area contributed by atoms with E-state index in [2.05, 4.69) is 11.4 Å². The van der Waals surface area contributed by atoms with Crippen molar-refractivity contribution in [2.75, 3.05) is 11.1 Å². The monoisotopic (exact) mass is 285 g/mol. The lowest BCUT2D eigenvalue weighted by Crippen LogP contribution is -2.01. The van der Waals surface area contributed by atoms with E-state index in [9.17, 15) is 4.79 Å². The molecule has 2 aromatic rings. The maximum Gasteiger partial charge on any atom is 0.161 e. The second-order valence-electron chi connectivity index (χ2n) is 4.28. The Morgan fingerprint density at radius 1 is 1.30 bits per heavy atom. The first-order chi connectivity index (χ1) is 9.51. The third-order valence-electron chi connectivity index (χ3n) is 2.81. The summed E-state index contributed by atoms with van der Waals surface area (Å²) in [5, 5.41) is 12.7. The predicted molar refractivity (Wildman–Crippen MR) is 80.3 cm³/mol. The molecule has 0 unspecified atom stereocenters. The van der Waals surface area contributed by atoms with Crippen LogP contribution in [-0.2, 0) is 0 Å². The minimum absolute atomic E-state index is 0.0884. The van der Waals surface area contributed by atoms with Crippen LogP contribution in [0.4, 0.5) is 17.1 Å². The number of hydrogen-bond donors (Lipinski definition) is 2. The highest BCUT2D eigenvalue weighted by molar-refractivity contribution is 6.30. The minimum Gasteiger partial charge on any atom is -0.398 e. The maximum atomic E-state index is 11.3. The zero-order valence-electron chi connectivity index (χ0n) is 10.8. The molecule has 20 heavy (non-hydrogen) atoms. The number of benzene rings is 2. The molecular formula is C15H12ClN3O. The Kier molecular flexibility index (Phi) is 3.92. The second-order valence-corrected chi connectivity index (χ2v) is 4.72. The molecule has 3 N–H and O–H groups in total. The summed E-state index contributed by atoms with van der Waals surface area (Å²) in [4.78, 5) is 11.3. The number of nitriles is 1. The van der Waals surface area contributed by atoms with Crippen molar-refractivity contribution in [1.29, 1.82) is 5.26 Å². The molecule has 0 saturated carbocycles. The molecule has 0 aliphatic heterocycles. The molecule has 2 rings (SSSR count). The first-order valence-electron chi connectivity index (χ1n) is 5.88. The molecule has 0 heterocycles. The van der Waals surface area contributed by atoms with E-state index >= 15 is 0 Å². The number of halogens is 1. The molecule has 0 aromatic heterocycles. The lowest BCUT2D eigenvalue weighted by molar-refractivity contribution is 0.101. The van der Waals surface area contributed by atoms with Crippen LogP contribution in [0.1, 0.15) is 22.8 Å². The van der Waals surface area contributed by atoms with Gasteiger partial charge < -0.3 is 11.1 Å². The smallest absolute Gasteiger partial charge is 0.161 e. The van der Waals surface area contributed by atoms with Crippen molar-refractivity contribution < 1.29 is 4.79 Å². The Morgan fingerprint density at radius 3 is 2.65 bits per heavy atom. The number of rotatable bonds is 3. The first kappa shape index (κ1) is 13.9. The summed E-state index contributed by atoms with van der Waals surface area (Å²) in [5.41, 5.74) is 8.44. The van der Waals surface area contributed by atoms with Gasteiger partial charge in [0, 0.05) is 22.0 Å². The van der Waals surface area contributed by atoms with Gasteiger partial charge in [-0.05, 0) is 43.3 Å². The van der Waals surface area contributed by atoms with Crippen LogP contribution in [0.5, 0.6) is 0 Å². The average molecular weight is 286 g/mol. The highest BCUT2D eigenvalue weighted by Crippen LogP contribution is 2.26. The van der Waals surface area contributed by atoms with Gasteiger partial charge in [-0.25, -0.2) is 0 Å². The van der Waals surface area contributed by atoms with Gasteiger partial charge in [-0.2, -0.15) is 5.26 Å². The number of Topliss-reactive ketones (excluding diaryl/α,β-unsaturated/α-hetero) is 1. The van der Waals surface area contributed by atoms with Crippen molar-refractivity contribution in [3.63, 3.8) is 0 Å². The zero-order valence-corrected chi connectivity index (χ0v) is 11.5. The van der Waals surface area contributed by atoms with Gasteiger partial charge in [0.15, 0.2) is 5.78 Å². The molecule has 0 aliphatic carbocycles. The molecule has 0 aliphatic rings. The van der Waals surface area contributed by atoms with Crippen molar-refractivity contribution in [1.82, 2.24) is 0 Å². The van der Waals surface area contributed by atoms with E-state index in [-0.39, 0.29) is 5.78 Å². The van der Waals surface area contributed by atoms with E-state index < -0.39 is 0 Å². The number of carbonyl (C=O) groups excluding carboxylic acids is 1. The predicted octanol–water partition coefficient (Wildman–Crippen LogP) is 3.74. The summed E-state index contributed by atoms with van der Waals surface area (Å²) in [5.74, 6) is -0.0884. The van der Waals surface area contributed by atoms with Gasteiger partial charge >= 0.3 is 0 Å². The average Bonchev–Trinajstić information content (AvgIpc) is 2.38. The molecule has 0 amide bonds. The summed E-state index contributed by atoms with van der Waals surface area (Å²) < 4.78 is 0. The number of nitrogens with zero attached hydrogens (tertiary/aromatic N) is 1. The van der Waals surface area contributed by atoms with E-state index in [4.69, 9.17) is 22.6 Å². The fraction of sp³-hybridized carbons (Fsp3) is 0.0667. The Labute approximate surface area is 121 Å². The number of ketones is 1. The standard InChI is InChI=1S/C15H12ClN3O/c1-9(20)13-5-4-12(7-14(13)18)19-15-6-11(16)3-2-10(15)8-17/h2-7,19H,18H2,1H3. The minimum atomic E-state index is -0.0884. The quantitative estimate of drug-likeness (QED) is 0.665. The van der Waals surface area contributed by atoms with E-state index in [1.54, 1.807) is 36.4 Å². The molecular weight excluding hydrogens is 274 g/mol. The zero-order chi connectivity index (χ0) is 14.7. The van der Waals surface area contributed by atoms with Gasteiger partial charge in [-0.3, -0.25) is 4.79 Å². The number of nitrogens with two attached hydrogens (primary N) is 1. The summed E-state index contributed by atoms with van der Waals surface area (Å²) in [6, 6.07) is 12.1. The highest BCUT2D eigenvalue weighted by atomic mass is 35.5. The van der Waals surface area contributed by atoms with E-state index in [1.165, 1.54) is 6.92 Å². The lowest BCUT2D eigenvalue weighted by atomic mass is 10.1. The fourth-order valence-electron chi connectivity index (χ4n) is 1.83. The van der Waals surface area contributed by atoms with Crippen molar-refractivity contribution in [2.45, 2.75) is 6.92 Å². The van der Waals surface area contributed by atoms with Gasteiger partial charge in [0.25, 0.3) is 0 Å². The topological polar surface area (TPSA) is 78.9 Å². The third-order valence-corrected chi connectivity index (χ3v) is 3.05. The van der Waals surface area contributed by atoms with Crippen LogP contribution in [0.3, 0.4) is 0 Å². The second kappa shape index (κ2) is 5.64. The van der Waals surface area contributed by atoms with Crippen molar-refractivity contribution in [3.05, 3.63) is 52.5 Å². The van der Waals surface area contributed by atoms with Crippen LogP contribution in [0.25, 0.3) is 0 Å². The Bertz CT molecular complexity index is 720. The van der Waals surface area contributed by atoms with Crippen LogP contribution < -0.4 is 11.1 Å². The van der Waals surface area contributed by atoms with Crippen molar-refractivity contribution in [2.24, 2.45) is 0 Å². The number of anilines is 3. The van der Waals surface area contributed by atoms with E-state index in [1.807, 2.05) is 0 Å². The summed E-state index contributed by atoms with van der Waals surface area (Å²) >= 11 is 5.92. The SMILES string of the molecule is CC(=O)c1ccc(Nc2cc(Cl)ccc2C#N)cc1N. The molecule has 5 heteroatoms. The number of nitrogens with one attached hydrogen (secondary N) is 1. The largest absolute Gasteiger partial charge is 0.398 e. The summed E-state index contributed by atoms with van der Waals surface area (Å²) in [6.07, 6.45) is 0. The van der Waals surface area contributed by atoms with Gasteiger partial charge in [0.1, 0.15) is 6.07 Å². The van der Waals surface area contributed by atoms with Crippen molar-refractivity contribution >= 4 is 34.4 Å². The highest BCUT2D eigenvalue weighted by Gasteiger charge is 2.07. The fourth-order valence-corrected chi connectivity index (χ4v) is 2.01.